The summed E-state index contributed by atoms with van der Waals surface area (Å²) in [5.74, 6) is 0.240. The fourth-order valence-corrected chi connectivity index (χ4v) is 2.99. The van der Waals surface area contributed by atoms with Crippen molar-refractivity contribution in [2.24, 2.45) is 0 Å². The molecule has 0 spiro atoms. The second-order valence-corrected chi connectivity index (χ2v) is 6.89. The van der Waals surface area contributed by atoms with Crippen molar-refractivity contribution in [2.75, 3.05) is 23.9 Å². The Kier molecular flexibility index (Phi) is 6.29. The van der Waals surface area contributed by atoms with Gasteiger partial charge in [-0.2, -0.15) is 0 Å². The third kappa shape index (κ3) is 5.23. The van der Waals surface area contributed by atoms with Crippen molar-refractivity contribution in [2.45, 2.75) is 13.8 Å². The number of rotatable bonds is 6. The fraction of sp³-hybridized carbons (Fsp3) is 0.167. The number of nitrogens with one attached hydrogen (secondary N) is 1. The van der Waals surface area contributed by atoms with E-state index in [1.54, 1.807) is 36.2 Å². The Balaban J connectivity index is 1.63. The lowest BCUT2D eigenvalue weighted by atomic mass is 10.1. The SMILES string of the molecule is Cc1ccc(OCC(=O)Nc2cccc(C(=O)N(C)c3ccccc3)c2)c(C)c1. The number of aryl methyl sites for hydroxylation is 2. The second-order valence-electron chi connectivity index (χ2n) is 6.89. The molecule has 0 aliphatic heterocycles. The lowest BCUT2D eigenvalue weighted by Crippen LogP contribution is -2.26. The maximum absolute atomic E-state index is 12.7. The van der Waals surface area contributed by atoms with Crippen LogP contribution in [0.15, 0.2) is 72.8 Å². The molecule has 5 heteroatoms. The highest BCUT2D eigenvalue weighted by Crippen LogP contribution is 2.19. The van der Waals surface area contributed by atoms with Gasteiger partial charge in [0.05, 0.1) is 0 Å². The van der Waals surface area contributed by atoms with Gasteiger partial charge in [0.25, 0.3) is 11.8 Å². The zero-order chi connectivity index (χ0) is 20.8. The monoisotopic (exact) mass is 388 g/mol. The van der Waals surface area contributed by atoms with Crippen LogP contribution in [0.25, 0.3) is 0 Å². The Morgan fingerprint density at radius 2 is 1.69 bits per heavy atom. The lowest BCUT2D eigenvalue weighted by Gasteiger charge is -2.17. The maximum atomic E-state index is 12.7. The molecule has 3 rings (SSSR count). The smallest absolute Gasteiger partial charge is 0.262 e. The zero-order valence-electron chi connectivity index (χ0n) is 16.8. The number of ether oxygens (including phenoxy) is 1. The van der Waals surface area contributed by atoms with Gasteiger partial charge >= 0.3 is 0 Å². The summed E-state index contributed by atoms with van der Waals surface area (Å²) in [7, 11) is 1.72. The van der Waals surface area contributed by atoms with Crippen LogP contribution in [-0.2, 0) is 4.79 Å². The van der Waals surface area contributed by atoms with Gasteiger partial charge in [-0.3, -0.25) is 9.59 Å². The molecule has 148 valence electrons. The average molecular weight is 388 g/mol. The van der Waals surface area contributed by atoms with Crippen LogP contribution in [0.3, 0.4) is 0 Å². The molecule has 3 aromatic rings. The second kappa shape index (κ2) is 9.06. The van der Waals surface area contributed by atoms with Gasteiger partial charge in [0, 0.05) is 24.0 Å². The summed E-state index contributed by atoms with van der Waals surface area (Å²) in [5.41, 5.74) is 3.96. The number of nitrogens with zero attached hydrogens (tertiary/aromatic N) is 1. The van der Waals surface area contributed by atoms with E-state index in [0.29, 0.717) is 17.0 Å². The van der Waals surface area contributed by atoms with E-state index in [-0.39, 0.29) is 18.4 Å². The molecule has 0 saturated carbocycles. The van der Waals surface area contributed by atoms with Crippen molar-refractivity contribution < 1.29 is 14.3 Å². The van der Waals surface area contributed by atoms with Gasteiger partial charge in [-0.25, -0.2) is 0 Å². The van der Waals surface area contributed by atoms with Gasteiger partial charge in [-0.05, 0) is 55.8 Å². The van der Waals surface area contributed by atoms with Gasteiger partial charge in [-0.1, -0.05) is 42.0 Å². The number of carbonyl (C=O) groups excluding carboxylic acids is 2. The summed E-state index contributed by atoms with van der Waals surface area (Å²) in [6.07, 6.45) is 0. The maximum Gasteiger partial charge on any atom is 0.262 e. The number of amides is 2. The minimum atomic E-state index is -0.286. The molecule has 29 heavy (non-hydrogen) atoms. The molecule has 2 amide bonds. The molecular weight excluding hydrogens is 364 g/mol. The van der Waals surface area contributed by atoms with E-state index in [1.165, 1.54) is 0 Å². The highest BCUT2D eigenvalue weighted by molar-refractivity contribution is 6.06. The summed E-state index contributed by atoms with van der Waals surface area (Å²) in [6.45, 7) is 3.84. The Hall–Kier alpha value is -3.60. The summed E-state index contributed by atoms with van der Waals surface area (Å²) >= 11 is 0. The lowest BCUT2D eigenvalue weighted by molar-refractivity contribution is -0.118. The molecule has 0 atom stereocenters. The van der Waals surface area contributed by atoms with Gasteiger partial charge in [-0.15, -0.1) is 0 Å². The molecule has 0 aliphatic rings. The third-order valence-corrected chi connectivity index (χ3v) is 4.53. The molecule has 0 fully saturated rings. The van der Waals surface area contributed by atoms with Crippen LogP contribution in [0.2, 0.25) is 0 Å². The predicted molar refractivity (Wildman–Crippen MR) is 116 cm³/mol. The highest BCUT2D eigenvalue weighted by Gasteiger charge is 2.14. The minimum absolute atomic E-state index is 0.105. The first-order valence-electron chi connectivity index (χ1n) is 9.37. The van der Waals surface area contributed by atoms with E-state index in [9.17, 15) is 9.59 Å². The summed E-state index contributed by atoms with van der Waals surface area (Å²) in [4.78, 5) is 26.6. The minimum Gasteiger partial charge on any atom is -0.483 e. The number of carbonyl (C=O) groups is 2. The van der Waals surface area contributed by atoms with Crippen molar-refractivity contribution >= 4 is 23.2 Å². The molecule has 0 bridgehead atoms. The van der Waals surface area contributed by atoms with E-state index in [4.69, 9.17) is 4.74 Å². The number of para-hydroxylation sites is 1. The largest absolute Gasteiger partial charge is 0.483 e. The standard InChI is InChI=1S/C24H24N2O3/c1-17-12-13-22(18(2)14-17)29-16-23(27)25-20-9-7-8-19(15-20)24(28)26(3)21-10-5-4-6-11-21/h4-15H,16H2,1-3H3,(H,25,27). The quantitative estimate of drug-likeness (QED) is 0.671. The molecular formula is C24H24N2O3. The molecule has 3 aromatic carbocycles. The van der Waals surface area contributed by atoms with Crippen molar-refractivity contribution in [1.82, 2.24) is 0 Å². The Morgan fingerprint density at radius 3 is 2.41 bits per heavy atom. The molecule has 5 nitrogen and oxygen atoms in total. The van der Waals surface area contributed by atoms with E-state index in [1.807, 2.05) is 62.4 Å². The average Bonchev–Trinajstić information content (AvgIpc) is 2.73. The predicted octanol–water partition coefficient (Wildman–Crippen LogP) is 4.60. The summed E-state index contributed by atoms with van der Waals surface area (Å²) in [5, 5.41) is 2.78. The zero-order valence-corrected chi connectivity index (χ0v) is 16.8. The molecule has 0 saturated heterocycles. The van der Waals surface area contributed by atoms with Gasteiger partial charge in [0.1, 0.15) is 5.75 Å². The third-order valence-electron chi connectivity index (χ3n) is 4.53. The summed E-state index contributed by atoms with van der Waals surface area (Å²) in [6, 6.07) is 22.1. The molecule has 0 unspecified atom stereocenters. The molecule has 1 N–H and O–H groups in total. The van der Waals surface area contributed by atoms with Crippen LogP contribution in [-0.4, -0.2) is 25.5 Å². The summed E-state index contributed by atoms with van der Waals surface area (Å²) < 4.78 is 5.61. The Labute approximate surface area is 170 Å². The Morgan fingerprint density at radius 1 is 0.931 bits per heavy atom. The van der Waals surface area contributed by atoms with Crippen LogP contribution in [0.1, 0.15) is 21.5 Å². The number of anilines is 2. The van der Waals surface area contributed by atoms with E-state index >= 15 is 0 Å². The van der Waals surface area contributed by atoms with Crippen LogP contribution >= 0.6 is 0 Å². The van der Waals surface area contributed by atoms with Crippen LogP contribution in [0.5, 0.6) is 5.75 Å². The van der Waals surface area contributed by atoms with E-state index in [0.717, 1.165) is 16.8 Å². The van der Waals surface area contributed by atoms with Crippen LogP contribution in [0, 0.1) is 13.8 Å². The normalized spacial score (nSPS) is 10.3. The molecule has 0 radical (unpaired) electrons. The number of hydrogen-bond donors (Lipinski definition) is 1. The first kappa shape index (κ1) is 20.1. The number of hydrogen-bond acceptors (Lipinski definition) is 3. The van der Waals surface area contributed by atoms with Gasteiger partial charge in [0.15, 0.2) is 6.61 Å². The van der Waals surface area contributed by atoms with Crippen molar-refractivity contribution in [3.8, 4) is 5.75 Å². The van der Waals surface area contributed by atoms with Crippen molar-refractivity contribution in [3.63, 3.8) is 0 Å². The van der Waals surface area contributed by atoms with Crippen molar-refractivity contribution in [1.29, 1.82) is 0 Å². The van der Waals surface area contributed by atoms with E-state index in [2.05, 4.69) is 5.32 Å². The fourth-order valence-electron chi connectivity index (χ4n) is 2.99. The first-order valence-corrected chi connectivity index (χ1v) is 9.37. The highest BCUT2D eigenvalue weighted by atomic mass is 16.5. The number of benzene rings is 3. The molecule has 0 aromatic heterocycles. The van der Waals surface area contributed by atoms with Crippen LogP contribution in [0.4, 0.5) is 11.4 Å². The molecule has 0 aliphatic carbocycles. The van der Waals surface area contributed by atoms with Crippen LogP contribution < -0.4 is 15.0 Å². The van der Waals surface area contributed by atoms with Gasteiger partial charge in [0.2, 0.25) is 0 Å². The van der Waals surface area contributed by atoms with Crippen molar-refractivity contribution in [3.05, 3.63) is 89.5 Å². The Bertz CT molecular complexity index is 1020. The van der Waals surface area contributed by atoms with E-state index < -0.39 is 0 Å². The molecule has 0 heterocycles. The first-order chi connectivity index (χ1) is 13.9. The van der Waals surface area contributed by atoms with Gasteiger partial charge < -0.3 is 15.0 Å². The topological polar surface area (TPSA) is 58.6 Å².